The molecule has 7 heteroatoms. The molecule has 0 aliphatic heterocycles. The maximum Gasteiger partial charge on any atom is 0.143 e. The number of hydrogen-bond acceptors (Lipinski definition) is 5. The summed E-state index contributed by atoms with van der Waals surface area (Å²) in [6, 6.07) is 100. The number of aromatic nitrogens is 2. The smallest absolute Gasteiger partial charge is 0.143 e. The van der Waals surface area contributed by atoms with Gasteiger partial charge in [0.05, 0.1) is 54.0 Å². The van der Waals surface area contributed by atoms with Crippen molar-refractivity contribution >= 4 is 129 Å². The first-order chi connectivity index (χ1) is 43.1. The molecule has 18 rings (SSSR count). The van der Waals surface area contributed by atoms with Crippen LogP contribution in [0.5, 0.6) is 0 Å². The fourth-order valence-electron chi connectivity index (χ4n) is 14.2. The number of benzene rings is 13. The largest absolute Gasteiger partial charge is 0.455 e. The fraction of sp³-hybridized carbons (Fsp3) is 0. The number of para-hydroxylation sites is 3. The molecule has 0 radical (unpaired) electrons. The minimum Gasteiger partial charge on any atom is -0.455 e. The van der Waals surface area contributed by atoms with Crippen LogP contribution in [0, 0.1) is 22.7 Å². The lowest BCUT2D eigenvalue weighted by atomic mass is 9.86. The number of rotatable bonds is 7. The van der Waals surface area contributed by atoms with E-state index in [9.17, 15) is 10.5 Å². The maximum atomic E-state index is 12.6. The third-order valence-corrected chi connectivity index (χ3v) is 20.1. The third-order valence-electron chi connectivity index (χ3n) is 17.8. The van der Waals surface area contributed by atoms with Gasteiger partial charge in [-0.1, -0.05) is 218 Å². The topological polar surface area (TPSA) is 70.6 Å². The Bertz CT molecular complexity index is 5840. The molecule has 0 bridgehead atoms. The Balaban J connectivity index is 1.08. The second-order valence-corrected chi connectivity index (χ2v) is 24.4. The summed E-state index contributed by atoms with van der Waals surface area (Å²) < 4.78 is 16.0. The van der Waals surface area contributed by atoms with Crippen molar-refractivity contribution in [1.29, 1.82) is 10.5 Å². The molecule has 87 heavy (non-hydrogen) atoms. The molecule has 5 nitrogen and oxygen atoms in total. The highest BCUT2D eigenvalue weighted by Gasteiger charge is 2.34. The quantitative estimate of drug-likeness (QED) is 0.160. The summed E-state index contributed by atoms with van der Waals surface area (Å²) in [6.07, 6.45) is 0. The van der Waals surface area contributed by atoms with E-state index in [1.807, 2.05) is 48.5 Å². The minimum absolute atomic E-state index is 0.400. The van der Waals surface area contributed by atoms with E-state index in [0.717, 1.165) is 136 Å². The molecule has 5 aromatic heterocycles. The van der Waals surface area contributed by atoms with Gasteiger partial charge in [0.25, 0.3) is 0 Å². The summed E-state index contributed by atoms with van der Waals surface area (Å²) in [5, 5.41) is 35.9. The van der Waals surface area contributed by atoms with Crippen LogP contribution in [0.15, 0.2) is 271 Å². The number of furan rings is 1. The molecule has 0 amide bonds. The summed E-state index contributed by atoms with van der Waals surface area (Å²) in [7, 11) is 0. The monoisotopic (exact) mass is 1140 g/mol. The molecule has 0 unspecified atom stereocenters. The Morgan fingerprint density at radius 3 is 1.36 bits per heavy atom. The van der Waals surface area contributed by atoms with Gasteiger partial charge in [-0.2, -0.15) is 10.5 Å². The standard InChI is InChI=1S/C80H44N4OS2/c81-45-63-70(49-26-9-3-10-27-49)64(46-82)75(71(50-28-11-4-12-29-50)74(63)83-65-36-17-13-30-53(65)60-42-51(40-41-66(60)83)52-34-21-35-55-54-31-14-18-37-67(54)85-78(52)55)84-76-61(43-58(47-22-5-1-6-23-47)72-56-32-15-19-38-68(56)86-79(72)76)62-44-59(48-24-7-2-8-25-48)73-57-33-16-20-39-69(57)87-80(73)77(62)84/h1-44H. The van der Waals surface area contributed by atoms with Crippen molar-refractivity contribution in [1.82, 2.24) is 9.13 Å². The summed E-state index contributed by atoms with van der Waals surface area (Å²) in [6.45, 7) is 0. The average Bonchev–Trinajstić information content (AvgIpc) is 1.81. The Morgan fingerprint density at radius 1 is 0.322 bits per heavy atom. The molecule has 0 N–H and O–H groups in total. The second kappa shape index (κ2) is 19.1. The minimum atomic E-state index is 0.400. The molecular formula is C80H44N4OS2. The first kappa shape index (κ1) is 49.1. The van der Waals surface area contributed by atoms with Crippen molar-refractivity contribution in [2.24, 2.45) is 0 Å². The Labute approximate surface area is 506 Å². The van der Waals surface area contributed by atoms with Crippen LogP contribution < -0.4 is 0 Å². The van der Waals surface area contributed by atoms with Gasteiger partial charge in [-0.25, -0.2) is 0 Å². The van der Waals surface area contributed by atoms with Crippen LogP contribution in [0.3, 0.4) is 0 Å². The summed E-state index contributed by atoms with van der Waals surface area (Å²) in [5.41, 5.74) is 17.2. The normalized spacial score (nSPS) is 11.9. The van der Waals surface area contributed by atoms with Gasteiger partial charge in [0.1, 0.15) is 23.3 Å². The predicted octanol–water partition coefficient (Wildman–Crippen LogP) is 22.6. The maximum absolute atomic E-state index is 12.6. The number of fused-ring (bicyclic) bond motifs is 17. The van der Waals surface area contributed by atoms with E-state index in [1.165, 1.54) is 20.2 Å². The molecule has 0 aliphatic carbocycles. The molecule has 0 atom stereocenters. The summed E-state index contributed by atoms with van der Waals surface area (Å²) in [5.74, 6) is 0. The van der Waals surface area contributed by atoms with Crippen LogP contribution in [-0.2, 0) is 0 Å². The molecule has 0 fully saturated rings. The van der Waals surface area contributed by atoms with Gasteiger partial charge in [-0.15, -0.1) is 22.7 Å². The van der Waals surface area contributed by atoms with Crippen molar-refractivity contribution in [3.05, 3.63) is 278 Å². The van der Waals surface area contributed by atoms with Gasteiger partial charge in [0, 0.05) is 80.0 Å². The second-order valence-electron chi connectivity index (χ2n) is 22.3. The number of hydrogen-bond donors (Lipinski definition) is 0. The first-order valence-electron chi connectivity index (χ1n) is 29.1. The number of nitrogens with zero attached hydrogens (tertiary/aromatic N) is 4. The molecule has 402 valence electrons. The van der Waals surface area contributed by atoms with Crippen LogP contribution in [0.2, 0.25) is 0 Å². The Morgan fingerprint density at radius 2 is 0.782 bits per heavy atom. The molecule has 0 saturated heterocycles. The molecule has 0 saturated carbocycles. The van der Waals surface area contributed by atoms with Crippen LogP contribution in [0.4, 0.5) is 0 Å². The molecule has 18 aromatic rings. The van der Waals surface area contributed by atoms with E-state index in [4.69, 9.17) is 4.42 Å². The van der Waals surface area contributed by atoms with Gasteiger partial charge < -0.3 is 13.6 Å². The van der Waals surface area contributed by atoms with E-state index >= 15 is 0 Å². The van der Waals surface area contributed by atoms with Crippen molar-refractivity contribution in [2.75, 3.05) is 0 Å². The lowest BCUT2D eigenvalue weighted by molar-refractivity contribution is 0.670. The molecule has 13 aromatic carbocycles. The number of nitriles is 2. The van der Waals surface area contributed by atoms with Gasteiger partial charge in [0.2, 0.25) is 0 Å². The Kier molecular flexibility index (Phi) is 10.8. The van der Waals surface area contributed by atoms with E-state index < -0.39 is 0 Å². The van der Waals surface area contributed by atoms with Crippen LogP contribution >= 0.6 is 22.7 Å². The van der Waals surface area contributed by atoms with E-state index in [2.05, 4.69) is 240 Å². The average molecular weight is 1140 g/mol. The highest BCUT2D eigenvalue weighted by Crippen LogP contribution is 2.56. The molecular weight excluding hydrogens is 1100 g/mol. The zero-order valence-electron chi connectivity index (χ0n) is 46.4. The lowest BCUT2D eigenvalue weighted by Crippen LogP contribution is -2.11. The van der Waals surface area contributed by atoms with Crippen molar-refractivity contribution < 1.29 is 4.42 Å². The van der Waals surface area contributed by atoms with Crippen LogP contribution in [-0.4, -0.2) is 9.13 Å². The zero-order chi connectivity index (χ0) is 57.4. The highest BCUT2D eigenvalue weighted by atomic mass is 32.1. The van der Waals surface area contributed by atoms with E-state index in [0.29, 0.717) is 28.1 Å². The molecule has 0 spiro atoms. The fourth-order valence-corrected chi connectivity index (χ4v) is 16.7. The third kappa shape index (κ3) is 7.10. The SMILES string of the molecule is N#Cc1c(-c2ccccc2)c(C#N)c(-n2c3c(cc(-c4ccccc4)c4c5ccccc5sc43)c3cc(-c4ccccc4)c4c5ccccc5sc4c32)c(-c2ccccc2)c1-n1c2ccccc2c2cc(-c3cccc4c3oc3ccccc34)ccc21. The van der Waals surface area contributed by atoms with E-state index in [1.54, 1.807) is 22.7 Å². The van der Waals surface area contributed by atoms with Crippen LogP contribution in [0.25, 0.3) is 173 Å². The van der Waals surface area contributed by atoms with E-state index in [-0.39, 0.29) is 0 Å². The van der Waals surface area contributed by atoms with Gasteiger partial charge in [-0.05, 0) is 87.5 Å². The van der Waals surface area contributed by atoms with Crippen molar-refractivity contribution in [3.8, 4) is 79.1 Å². The summed E-state index contributed by atoms with van der Waals surface area (Å²) in [4.78, 5) is 0. The molecule has 5 heterocycles. The van der Waals surface area contributed by atoms with Crippen molar-refractivity contribution in [2.45, 2.75) is 0 Å². The predicted molar refractivity (Wildman–Crippen MR) is 365 cm³/mol. The summed E-state index contributed by atoms with van der Waals surface area (Å²) >= 11 is 3.60. The van der Waals surface area contributed by atoms with Crippen molar-refractivity contribution in [3.63, 3.8) is 0 Å². The zero-order valence-corrected chi connectivity index (χ0v) is 48.1. The van der Waals surface area contributed by atoms with Gasteiger partial charge >= 0.3 is 0 Å². The lowest BCUT2D eigenvalue weighted by Gasteiger charge is -2.26. The number of thiophene rings is 2. The Hall–Kier alpha value is -11.3. The first-order valence-corrected chi connectivity index (χ1v) is 30.7. The molecule has 0 aliphatic rings. The highest BCUT2D eigenvalue weighted by molar-refractivity contribution is 7.27. The van der Waals surface area contributed by atoms with Crippen LogP contribution in [0.1, 0.15) is 11.1 Å². The van der Waals surface area contributed by atoms with Gasteiger partial charge in [-0.3, -0.25) is 0 Å². The van der Waals surface area contributed by atoms with Gasteiger partial charge in [0.15, 0.2) is 0 Å².